The van der Waals surface area contributed by atoms with Crippen LogP contribution in [0.15, 0.2) is 16.7 Å². The number of pyridine rings is 1. The van der Waals surface area contributed by atoms with Crippen molar-refractivity contribution >= 4 is 21.7 Å². The highest BCUT2D eigenvalue weighted by Crippen LogP contribution is 2.25. The number of ether oxygens (including phenoxy) is 1. The van der Waals surface area contributed by atoms with Crippen LogP contribution in [-0.4, -0.2) is 38.3 Å². The molecule has 1 atom stereocenters. The van der Waals surface area contributed by atoms with E-state index < -0.39 is 0 Å². The van der Waals surface area contributed by atoms with E-state index in [9.17, 15) is 0 Å². The second kappa shape index (κ2) is 6.18. The molecule has 4 nitrogen and oxygen atoms in total. The zero-order valence-corrected chi connectivity index (χ0v) is 11.5. The topological polar surface area (TPSA) is 51.4 Å². The molecule has 0 fully saturated rings. The first-order chi connectivity index (χ1) is 7.56. The summed E-state index contributed by atoms with van der Waals surface area (Å²) in [7, 11) is 3.63. The van der Waals surface area contributed by atoms with E-state index >= 15 is 0 Å². The van der Waals surface area contributed by atoms with Crippen molar-refractivity contribution < 1.29 is 4.74 Å². The Labute approximate surface area is 105 Å². The highest BCUT2D eigenvalue weighted by atomic mass is 79.9. The van der Waals surface area contributed by atoms with Crippen molar-refractivity contribution in [2.45, 2.75) is 13.0 Å². The van der Waals surface area contributed by atoms with Crippen LogP contribution in [-0.2, 0) is 4.74 Å². The molecule has 90 valence electrons. The third kappa shape index (κ3) is 3.43. The summed E-state index contributed by atoms with van der Waals surface area (Å²) in [5.74, 6) is 0.909. The Morgan fingerprint density at radius 2 is 2.31 bits per heavy atom. The van der Waals surface area contributed by atoms with E-state index in [0.717, 1.165) is 15.9 Å². The van der Waals surface area contributed by atoms with Gasteiger partial charge in [0, 0.05) is 32.9 Å². The fraction of sp³-hybridized carbons (Fsp3) is 0.545. The summed E-state index contributed by atoms with van der Waals surface area (Å²) in [4.78, 5) is 6.36. The third-order valence-corrected chi connectivity index (χ3v) is 3.29. The fourth-order valence-corrected chi connectivity index (χ4v) is 2.03. The van der Waals surface area contributed by atoms with E-state index in [-0.39, 0.29) is 6.04 Å². The summed E-state index contributed by atoms with van der Waals surface area (Å²) in [6.45, 7) is 3.30. The normalized spacial score (nSPS) is 12.6. The first-order valence-corrected chi connectivity index (χ1v) is 5.92. The standard InChI is InChI=1S/C11H18BrN3O/c1-8-4-5-14-11(10(8)12)15(2)6-9(13)7-16-3/h4-5,9H,6-7,13H2,1-3H3. The van der Waals surface area contributed by atoms with Crippen LogP contribution in [0.3, 0.4) is 0 Å². The predicted octanol–water partition coefficient (Wildman–Crippen LogP) is 1.56. The zero-order valence-electron chi connectivity index (χ0n) is 9.90. The Kier molecular flexibility index (Phi) is 5.18. The SMILES string of the molecule is COCC(N)CN(C)c1nccc(C)c1Br. The van der Waals surface area contributed by atoms with Gasteiger partial charge in [0.2, 0.25) is 0 Å². The van der Waals surface area contributed by atoms with Gasteiger partial charge in [0.15, 0.2) is 0 Å². The lowest BCUT2D eigenvalue weighted by molar-refractivity contribution is 0.181. The summed E-state index contributed by atoms with van der Waals surface area (Å²) >= 11 is 3.53. The van der Waals surface area contributed by atoms with Gasteiger partial charge in [0.05, 0.1) is 11.1 Å². The van der Waals surface area contributed by atoms with Crippen LogP contribution in [0.2, 0.25) is 0 Å². The number of nitrogens with zero attached hydrogens (tertiary/aromatic N) is 2. The molecule has 5 heteroatoms. The molecule has 0 spiro atoms. The first kappa shape index (κ1) is 13.4. The minimum absolute atomic E-state index is 0.00999. The quantitative estimate of drug-likeness (QED) is 0.893. The molecule has 0 aromatic carbocycles. The Morgan fingerprint density at radius 3 is 2.94 bits per heavy atom. The van der Waals surface area contributed by atoms with E-state index in [0.29, 0.717) is 13.2 Å². The van der Waals surface area contributed by atoms with E-state index in [1.165, 1.54) is 0 Å². The molecule has 0 saturated heterocycles. The van der Waals surface area contributed by atoms with Crippen molar-refractivity contribution in [2.24, 2.45) is 5.73 Å². The highest BCUT2D eigenvalue weighted by molar-refractivity contribution is 9.10. The average molecular weight is 288 g/mol. The monoisotopic (exact) mass is 287 g/mol. The summed E-state index contributed by atoms with van der Waals surface area (Å²) in [5, 5.41) is 0. The number of aryl methyl sites for hydroxylation is 1. The molecule has 0 aliphatic carbocycles. The van der Waals surface area contributed by atoms with Gasteiger partial charge in [-0.15, -0.1) is 0 Å². The van der Waals surface area contributed by atoms with Crippen molar-refractivity contribution in [3.05, 3.63) is 22.3 Å². The molecular weight excluding hydrogens is 270 g/mol. The first-order valence-electron chi connectivity index (χ1n) is 5.13. The molecular formula is C11H18BrN3O. The lowest BCUT2D eigenvalue weighted by atomic mass is 10.2. The summed E-state index contributed by atoms with van der Waals surface area (Å²) in [6, 6.07) is 1.96. The molecule has 1 aromatic heterocycles. The van der Waals surface area contributed by atoms with E-state index in [4.69, 9.17) is 10.5 Å². The molecule has 0 bridgehead atoms. The molecule has 1 unspecified atom stereocenters. The smallest absolute Gasteiger partial charge is 0.142 e. The molecule has 1 heterocycles. The van der Waals surface area contributed by atoms with Crippen LogP contribution in [0.25, 0.3) is 0 Å². The zero-order chi connectivity index (χ0) is 12.1. The number of aromatic nitrogens is 1. The number of anilines is 1. The lowest BCUT2D eigenvalue weighted by Crippen LogP contribution is -2.38. The largest absolute Gasteiger partial charge is 0.383 e. The van der Waals surface area contributed by atoms with Crippen LogP contribution >= 0.6 is 15.9 Å². The van der Waals surface area contributed by atoms with Crippen LogP contribution < -0.4 is 10.6 Å². The van der Waals surface area contributed by atoms with Gasteiger partial charge in [-0.1, -0.05) is 0 Å². The predicted molar refractivity (Wildman–Crippen MR) is 69.8 cm³/mol. The Bertz CT molecular complexity index is 346. The minimum atomic E-state index is -0.00999. The van der Waals surface area contributed by atoms with Gasteiger partial charge in [-0.05, 0) is 34.5 Å². The number of rotatable bonds is 5. The van der Waals surface area contributed by atoms with E-state index in [1.54, 1.807) is 13.3 Å². The third-order valence-electron chi connectivity index (χ3n) is 2.31. The molecule has 0 saturated carbocycles. The maximum atomic E-state index is 5.90. The number of halogens is 1. The number of likely N-dealkylation sites (N-methyl/N-ethyl adjacent to an activating group) is 1. The summed E-state index contributed by atoms with van der Waals surface area (Å²) in [6.07, 6.45) is 1.80. The van der Waals surface area contributed by atoms with Crippen molar-refractivity contribution in [3.8, 4) is 0 Å². The molecule has 1 rings (SSSR count). The van der Waals surface area contributed by atoms with Gasteiger partial charge in [-0.3, -0.25) is 0 Å². The van der Waals surface area contributed by atoms with Gasteiger partial charge < -0.3 is 15.4 Å². The maximum absolute atomic E-state index is 5.90. The molecule has 0 aliphatic heterocycles. The second-order valence-electron chi connectivity index (χ2n) is 3.86. The van der Waals surface area contributed by atoms with Crippen LogP contribution in [0.1, 0.15) is 5.56 Å². The van der Waals surface area contributed by atoms with Crippen LogP contribution in [0, 0.1) is 6.92 Å². The summed E-state index contributed by atoms with van der Waals surface area (Å²) in [5.41, 5.74) is 7.06. The number of methoxy groups -OCH3 is 1. The Balaban J connectivity index is 2.72. The minimum Gasteiger partial charge on any atom is -0.383 e. The van der Waals surface area contributed by atoms with Gasteiger partial charge in [0.1, 0.15) is 5.82 Å². The molecule has 16 heavy (non-hydrogen) atoms. The van der Waals surface area contributed by atoms with Gasteiger partial charge >= 0.3 is 0 Å². The van der Waals surface area contributed by atoms with Crippen molar-refractivity contribution in [2.75, 3.05) is 32.2 Å². The molecule has 1 aromatic rings. The highest BCUT2D eigenvalue weighted by Gasteiger charge is 2.12. The van der Waals surface area contributed by atoms with Crippen molar-refractivity contribution in [3.63, 3.8) is 0 Å². The van der Waals surface area contributed by atoms with Crippen molar-refractivity contribution in [1.29, 1.82) is 0 Å². The number of hydrogen-bond donors (Lipinski definition) is 1. The Hall–Kier alpha value is -0.650. The van der Waals surface area contributed by atoms with Crippen molar-refractivity contribution in [1.82, 2.24) is 4.98 Å². The molecule has 0 radical (unpaired) electrons. The maximum Gasteiger partial charge on any atom is 0.142 e. The van der Waals surface area contributed by atoms with Gasteiger partial charge in [-0.2, -0.15) is 0 Å². The Morgan fingerprint density at radius 1 is 1.62 bits per heavy atom. The number of nitrogens with two attached hydrogens (primary N) is 1. The van der Waals surface area contributed by atoms with Crippen LogP contribution in [0.4, 0.5) is 5.82 Å². The average Bonchev–Trinajstić information content (AvgIpc) is 2.22. The van der Waals surface area contributed by atoms with Gasteiger partial charge in [-0.25, -0.2) is 4.98 Å². The van der Waals surface area contributed by atoms with E-state index in [2.05, 4.69) is 20.9 Å². The lowest BCUT2D eigenvalue weighted by Gasteiger charge is -2.23. The van der Waals surface area contributed by atoms with Crippen LogP contribution in [0.5, 0.6) is 0 Å². The molecule has 0 aliphatic rings. The fourth-order valence-electron chi connectivity index (χ4n) is 1.50. The molecule has 2 N–H and O–H groups in total. The summed E-state index contributed by atoms with van der Waals surface area (Å²) < 4.78 is 6.03. The molecule has 0 amide bonds. The van der Waals surface area contributed by atoms with E-state index in [1.807, 2.05) is 24.9 Å². The number of hydrogen-bond acceptors (Lipinski definition) is 4. The van der Waals surface area contributed by atoms with Gasteiger partial charge in [0.25, 0.3) is 0 Å². The second-order valence-corrected chi connectivity index (χ2v) is 4.65.